The van der Waals surface area contributed by atoms with Crippen LogP contribution in [-0.2, 0) is 9.59 Å². The third kappa shape index (κ3) is 3.56. The molecule has 1 atom stereocenters. The molecule has 0 aliphatic carbocycles. The van der Waals surface area contributed by atoms with Crippen LogP contribution in [0.1, 0.15) is 25.5 Å². The van der Waals surface area contributed by atoms with Crippen LogP contribution in [0, 0.1) is 0 Å². The van der Waals surface area contributed by atoms with Gasteiger partial charge in [-0.1, -0.05) is 37.3 Å². The van der Waals surface area contributed by atoms with E-state index in [1.54, 1.807) is 18.2 Å². The Morgan fingerprint density at radius 3 is 2.86 bits per heavy atom. The van der Waals surface area contributed by atoms with Crippen molar-refractivity contribution in [2.24, 2.45) is 0 Å². The number of thiocarbonyl (C=S) groups is 1. The molecule has 8 heteroatoms. The topological polar surface area (TPSA) is 70.8 Å². The van der Waals surface area contributed by atoms with Gasteiger partial charge in [0, 0.05) is 6.08 Å². The summed E-state index contributed by atoms with van der Waals surface area (Å²) in [6.45, 7) is 1.86. The van der Waals surface area contributed by atoms with Crippen molar-refractivity contribution in [3.8, 4) is 0 Å². The van der Waals surface area contributed by atoms with Gasteiger partial charge in [-0.3, -0.25) is 9.69 Å². The minimum absolute atomic E-state index is 0.262. The van der Waals surface area contributed by atoms with Crippen LogP contribution in [0.3, 0.4) is 0 Å². The molecule has 112 valence electrons. The van der Waals surface area contributed by atoms with Crippen molar-refractivity contribution in [2.45, 2.75) is 25.8 Å². The molecule has 1 fully saturated rings. The van der Waals surface area contributed by atoms with E-state index in [1.807, 2.05) is 6.92 Å². The van der Waals surface area contributed by atoms with Crippen molar-refractivity contribution in [2.75, 3.05) is 0 Å². The van der Waals surface area contributed by atoms with Gasteiger partial charge >= 0.3 is 5.97 Å². The Morgan fingerprint density at radius 1 is 1.62 bits per heavy atom. The summed E-state index contributed by atoms with van der Waals surface area (Å²) in [6.07, 6.45) is 2.58. The van der Waals surface area contributed by atoms with Gasteiger partial charge in [-0.15, -0.1) is 0 Å². The van der Waals surface area contributed by atoms with Crippen LogP contribution >= 0.6 is 39.9 Å². The summed E-state index contributed by atoms with van der Waals surface area (Å²) in [7, 11) is 0. The molecule has 5 nitrogen and oxygen atoms in total. The number of carboxylic acid groups (broad SMARTS) is 1. The van der Waals surface area contributed by atoms with Crippen LogP contribution in [0.2, 0.25) is 0 Å². The van der Waals surface area contributed by atoms with E-state index >= 15 is 0 Å². The quantitative estimate of drug-likeness (QED) is 0.613. The number of nitrogens with zero attached hydrogens (tertiary/aromatic N) is 1. The molecule has 1 aliphatic heterocycles. The lowest BCUT2D eigenvalue weighted by molar-refractivity contribution is -0.145. The first-order chi connectivity index (χ1) is 9.93. The highest BCUT2D eigenvalue weighted by Crippen LogP contribution is 2.35. The van der Waals surface area contributed by atoms with Crippen molar-refractivity contribution < 1.29 is 19.1 Å². The summed E-state index contributed by atoms with van der Waals surface area (Å²) < 4.78 is 6.13. The number of carboxylic acids is 1. The second-order valence-corrected chi connectivity index (χ2v) is 6.79. The molecule has 0 unspecified atom stereocenters. The predicted molar refractivity (Wildman–Crippen MR) is 87.8 cm³/mol. The zero-order valence-corrected chi connectivity index (χ0v) is 14.3. The maximum atomic E-state index is 12.4. The van der Waals surface area contributed by atoms with E-state index in [0.717, 1.165) is 11.8 Å². The molecule has 1 N–H and O–H groups in total. The van der Waals surface area contributed by atoms with E-state index in [4.69, 9.17) is 16.6 Å². The molecule has 1 aromatic rings. The molecule has 0 bridgehead atoms. The summed E-state index contributed by atoms with van der Waals surface area (Å²) >= 11 is 9.42. The maximum absolute atomic E-state index is 12.4. The first-order valence-corrected chi connectivity index (χ1v) is 8.21. The van der Waals surface area contributed by atoms with Gasteiger partial charge in [-0.25, -0.2) is 4.79 Å². The van der Waals surface area contributed by atoms with Gasteiger partial charge in [0.05, 0.1) is 4.91 Å². The number of amides is 1. The Labute approximate surface area is 139 Å². The molecule has 2 rings (SSSR count). The van der Waals surface area contributed by atoms with Crippen molar-refractivity contribution in [3.05, 3.63) is 27.5 Å². The Morgan fingerprint density at radius 2 is 2.33 bits per heavy atom. The minimum atomic E-state index is -1.05. The molecule has 0 aromatic carbocycles. The molecule has 0 spiro atoms. The number of rotatable bonds is 5. The molecular weight excluding hydrogens is 378 g/mol. The highest BCUT2D eigenvalue weighted by Gasteiger charge is 2.40. The number of halogens is 1. The molecule has 1 aromatic heterocycles. The first-order valence-electron chi connectivity index (χ1n) is 6.19. The van der Waals surface area contributed by atoms with Crippen LogP contribution in [-0.4, -0.2) is 32.2 Å². The number of carbonyl (C=O) groups excluding carboxylic acids is 1. The number of hydrogen-bond donors (Lipinski definition) is 1. The predicted octanol–water partition coefficient (Wildman–Crippen LogP) is 3.50. The zero-order chi connectivity index (χ0) is 15.6. The monoisotopic (exact) mass is 389 g/mol. The smallest absolute Gasteiger partial charge is 0.326 e. The van der Waals surface area contributed by atoms with Gasteiger partial charge in [0.15, 0.2) is 4.67 Å². The van der Waals surface area contributed by atoms with E-state index in [-0.39, 0.29) is 4.32 Å². The normalized spacial score (nSPS) is 18.6. The second kappa shape index (κ2) is 6.76. The van der Waals surface area contributed by atoms with Gasteiger partial charge < -0.3 is 9.52 Å². The summed E-state index contributed by atoms with van der Waals surface area (Å²) in [5.41, 5.74) is 0. The van der Waals surface area contributed by atoms with Crippen LogP contribution in [0.25, 0.3) is 6.08 Å². The number of thioether (sulfide) groups is 1. The molecule has 0 radical (unpaired) electrons. The third-order valence-corrected chi connectivity index (χ3v) is 4.61. The number of carbonyl (C=O) groups is 2. The lowest BCUT2D eigenvalue weighted by atomic mass is 10.1. The molecule has 0 saturated carbocycles. The van der Waals surface area contributed by atoms with E-state index in [1.165, 1.54) is 4.90 Å². The summed E-state index contributed by atoms with van der Waals surface area (Å²) in [4.78, 5) is 25.3. The van der Waals surface area contributed by atoms with E-state index in [2.05, 4.69) is 15.9 Å². The summed E-state index contributed by atoms with van der Waals surface area (Å²) in [6, 6.07) is 2.50. The lowest BCUT2D eigenvalue weighted by Crippen LogP contribution is -2.43. The largest absolute Gasteiger partial charge is 0.480 e. The zero-order valence-electron chi connectivity index (χ0n) is 11.0. The Kier molecular flexibility index (Phi) is 5.23. The molecular formula is C13H12BrNO4S2. The summed E-state index contributed by atoms with van der Waals surface area (Å²) in [5, 5.41) is 9.27. The summed E-state index contributed by atoms with van der Waals surface area (Å²) in [5.74, 6) is -0.932. The highest BCUT2D eigenvalue weighted by atomic mass is 79.9. The molecule has 21 heavy (non-hydrogen) atoms. The van der Waals surface area contributed by atoms with Crippen LogP contribution < -0.4 is 0 Å². The van der Waals surface area contributed by atoms with Crippen molar-refractivity contribution >= 4 is 62.2 Å². The van der Waals surface area contributed by atoms with E-state index in [9.17, 15) is 14.7 Å². The first kappa shape index (κ1) is 16.3. The van der Waals surface area contributed by atoms with Gasteiger partial charge in [0.25, 0.3) is 5.91 Å². The maximum Gasteiger partial charge on any atom is 0.326 e. The van der Waals surface area contributed by atoms with Crippen molar-refractivity contribution in [3.63, 3.8) is 0 Å². The Balaban J connectivity index is 2.27. The van der Waals surface area contributed by atoms with Crippen LogP contribution in [0.5, 0.6) is 0 Å². The van der Waals surface area contributed by atoms with Crippen molar-refractivity contribution in [1.82, 2.24) is 4.90 Å². The van der Waals surface area contributed by atoms with Crippen LogP contribution in [0.15, 0.2) is 26.1 Å². The number of furan rings is 1. The average molecular weight is 390 g/mol. The van der Waals surface area contributed by atoms with Crippen LogP contribution in [0.4, 0.5) is 0 Å². The standard InChI is InChI=1S/C13H12BrNO4S2/c1-2-3-8(12(17)18)15-11(16)9(21-13(15)20)6-7-4-5-10(14)19-7/h4-6,8H,2-3H2,1H3,(H,17,18)/b9-6+/t8-/m1/s1. The van der Waals surface area contributed by atoms with Crippen molar-refractivity contribution in [1.29, 1.82) is 0 Å². The lowest BCUT2D eigenvalue weighted by Gasteiger charge is -2.22. The average Bonchev–Trinajstić information content (AvgIpc) is 2.93. The van der Waals surface area contributed by atoms with Gasteiger partial charge in [0.2, 0.25) is 0 Å². The van der Waals surface area contributed by atoms with Gasteiger partial charge in [-0.2, -0.15) is 0 Å². The second-order valence-electron chi connectivity index (χ2n) is 4.34. The molecule has 1 aliphatic rings. The minimum Gasteiger partial charge on any atom is -0.480 e. The number of aliphatic carboxylic acids is 1. The Hall–Kier alpha value is -1.12. The number of hydrogen-bond acceptors (Lipinski definition) is 5. The molecule has 1 amide bonds. The Bertz CT molecular complexity index is 625. The third-order valence-electron chi connectivity index (χ3n) is 2.85. The fourth-order valence-corrected chi connectivity index (χ4v) is 3.58. The molecule has 2 heterocycles. The van der Waals surface area contributed by atoms with E-state index < -0.39 is 17.9 Å². The fraction of sp³-hybridized carbons (Fsp3) is 0.308. The van der Waals surface area contributed by atoms with E-state index in [0.29, 0.717) is 28.2 Å². The van der Waals surface area contributed by atoms with Gasteiger partial charge in [-0.05, 0) is 34.5 Å². The highest BCUT2D eigenvalue weighted by molar-refractivity contribution is 9.10. The van der Waals surface area contributed by atoms with Gasteiger partial charge in [0.1, 0.15) is 16.1 Å². The fourth-order valence-electron chi connectivity index (χ4n) is 1.92. The molecule has 1 saturated heterocycles. The SMILES string of the molecule is CCC[C@H](C(=O)O)N1C(=O)/C(=C\c2ccc(Br)o2)SC1=S.